The molecule has 0 spiro atoms. The number of hydrogen-bond acceptors (Lipinski definition) is 3. The maximum Gasteiger partial charge on any atom is 0.121 e. The van der Waals surface area contributed by atoms with Crippen LogP contribution in [0.2, 0.25) is 19.6 Å². The average Bonchev–Trinajstić information content (AvgIpc) is 3.45. The van der Waals surface area contributed by atoms with Crippen molar-refractivity contribution < 1.29 is 24.5 Å². The second kappa shape index (κ2) is 13.2. The van der Waals surface area contributed by atoms with E-state index in [1.165, 1.54) is 32.3 Å². The van der Waals surface area contributed by atoms with Crippen LogP contribution in [-0.4, -0.2) is 18.0 Å². The first-order valence-electron chi connectivity index (χ1n) is 16.2. The van der Waals surface area contributed by atoms with Crippen LogP contribution in [0.3, 0.4) is 0 Å². The van der Waals surface area contributed by atoms with E-state index >= 15 is 0 Å². The Morgan fingerprint density at radius 3 is 2.15 bits per heavy atom. The van der Waals surface area contributed by atoms with Crippen molar-refractivity contribution in [2.75, 3.05) is 0 Å². The Bertz CT molecular complexity index is 2380. The monoisotopic (exact) mass is 819 g/mol. The molecular weight excluding hydrogens is 781 g/mol. The van der Waals surface area contributed by atoms with Gasteiger partial charge in [0.25, 0.3) is 0 Å². The zero-order valence-electron chi connectivity index (χ0n) is 28.2. The molecule has 0 saturated carbocycles. The molecule has 3 aromatic heterocycles. The molecule has 0 aliphatic rings. The summed E-state index contributed by atoms with van der Waals surface area (Å²) in [4.78, 5) is 9.06. The van der Waals surface area contributed by atoms with Crippen LogP contribution in [0.25, 0.3) is 66.0 Å². The van der Waals surface area contributed by atoms with Crippen LogP contribution in [0.15, 0.2) is 126 Å². The molecule has 0 N–H and O–H groups in total. The number of aromatic nitrogens is 2. The van der Waals surface area contributed by atoms with Crippen LogP contribution in [-0.2, 0) is 25.5 Å². The minimum absolute atomic E-state index is 0. The van der Waals surface area contributed by atoms with E-state index < -0.39 is 8.07 Å². The Labute approximate surface area is 297 Å². The predicted molar refractivity (Wildman–Crippen MR) is 201 cm³/mol. The second-order valence-electron chi connectivity index (χ2n) is 14.2. The minimum atomic E-state index is -1.25. The van der Waals surface area contributed by atoms with Crippen LogP contribution < -0.4 is 5.19 Å². The molecule has 8 aromatic rings. The smallest absolute Gasteiger partial charge is 0.121 e. The van der Waals surface area contributed by atoms with Gasteiger partial charge >= 0.3 is 0 Å². The summed E-state index contributed by atoms with van der Waals surface area (Å²) in [6, 6.07) is 44.5. The van der Waals surface area contributed by atoms with E-state index in [2.05, 4.69) is 147 Å². The first kappa shape index (κ1) is 33.5. The largest absolute Gasteiger partial charge is 0.501 e. The maximum atomic E-state index is 6.45. The van der Waals surface area contributed by atoms with Crippen molar-refractivity contribution in [1.82, 2.24) is 9.97 Å². The van der Waals surface area contributed by atoms with Gasteiger partial charge in [0, 0.05) is 37.9 Å². The summed E-state index contributed by atoms with van der Waals surface area (Å²) >= 11 is 0. The van der Waals surface area contributed by atoms with Gasteiger partial charge in [0.2, 0.25) is 0 Å². The fourth-order valence-electron chi connectivity index (χ4n) is 6.06. The third-order valence-electron chi connectivity index (χ3n) is 8.79. The van der Waals surface area contributed by atoms with Gasteiger partial charge in [-0.25, -0.2) is 0 Å². The zero-order valence-corrected chi connectivity index (χ0v) is 31.6. The third-order valence-corrected chi connectivity index (χ3v) is 10.8. The molecule has 48 heavy (non-hydrogen) atoms. The molecule has 0 saturated heterocycles. The van der Waals surface area contributed by atoms with Gasteiger partial charge in [-0.05, 0) is 68.2 Å². The van der Waals surface area contributed by atoms with Crippen LogP contribution in [0, 0.1) is 12.1 Å². The standard InChI is InChI=1S/C29H22NO.C14H16NSi.Ir/c1-29(2,3)20-13-14-30-26(16-20)23-10-6-9-22-25-15-19-12-11-18-7-4-5-8-21(18)24(19)17-27(25)31-28(22)23;1-16(2,3)13-9-10-15-14(11-13)12-7-5-4-6-8-12;/h4-9,11-17H,1-3H3;4-7,9-11H,1-3H3;/q2*-1;. The molecule has 0 aliphatic heterocycles. The van der Waals surface area contributed by atoms with Crippen molar-refractivity contribution in [3.63, 3.8) is 0 Å². The topological polar surface area (TPSA) is 38.9 Å². The van der Waals surface area contributed by atoms with Gasteiger partial charge in [0.1, 0.15) is 5.58 Å². The summed E-state index contributed by atoms with van der Waals surface area (Å²) in [6.07, 6.45) is 3.79. The number of benzene rings is 5. The average molecular weight is 819 g/mol. The van der Waals surface area contributed by atoms with Crippen molar-refractivity contribution in [3.05, 3.63) is 139 Å². The van der Waals surface area contributed by atoms with Crippen molar-refractivity contribution in [2.45, 2.75) is 45.8 Å². The Kier molecular flexibility index (Phi) is 9.24. The van der Waals surface area contributed by atoms with Crippen molar-refractivity contribution >= 4 is 56.7 Å². The summed E-state index contributed by atoms with van der Waals surface area (Å²) in [5.41, 5.74) is 6.95. The molecule has 1 radical (unpaired) electrons. The number of fused-ring (bicyclic) bond motifs is 6. The van der Waals surface area contributed by atoms with E-state index in [0.717, 1.165) is 44.5 Å². The van der Waals surface area contributed by atoms with Gasteiger partial charge in [-0.3, -0.25) is 0 Å². The van der Waals surface area contributed by atoms with E-state index in [4.69, 9.17) is 4.42 Å². The fourth-order valence-corrected chi connectivity index (χ4v) is 7.21. The van der Waals surface area contributed by atoms with E-state index in [-0.39, 0.29) is 25.5 Å². The summed E-state index contributed by atoms with van der Waals surface area (Å²) in [6.45, 7) is 13.7. The summed E-state index contributed by atoms with van der Waals surface area (Å²) in [5, 5.41) is 8.58. The first-order valence-corrected chi connectivity index (χ1v) is 19.7. The van der Waals surface area contributed by atoms with E-state index in [9.17, 15) is 0 Å². The number of pyridine rings is 2. The van der Waals surface area contributed by atoms with Gasteiger partial charge in [0.15, 0.2) is 0 Å². The van der Waals surface area contributed by atoms with Gasteiger partial charge in [0.05, 0.1) is 13.7 Å². The zero-order chi connectivity index (χ0) is 32.8. The predicted octanol–water partition coefficient (Wildman–Crippen LogP) is 11.1. The molecule has 3 nitrogen and oxygen atoms in total. The van der Waals surface area contributed by atoms with Crippen LogP contribution >= 0.6 is 0 Å². The van der Waals surface area contributed by atoms with E-state index in [1.54, 1.807) is 0 Å². The van der Waals surface area contributed by atoms with Gasteiger partial charge in [-0.2, -0.15) is 0 Å². The third kappa shape index (κ3) is 6.64. The molecule has 0 aliphatic carbocycles. The van der Waals surface area contributed by atoms with Gasteiger partial charge in [-0.1, -0.05) is 105 Å². The summed E-state index contributed by atoms with van der Waals surface area (Å²) in [7, 11) is -1.25. The normalized spacial score (nSPS) is 11.8. The van der Waals surface area contributed by atoms with Crippen molar-refractivity contribution in [3.8, 4) is 22.5 Å². The van der Waals surface area contributed by atoms with Crippen LogP contribution in [0.4, 0.5) is 0 Å². The SMILES string of the molecule is CC(C)(C)c1ccnc(-c2[c-]ccc3c2oc2cc4c(ccc5ccccc54)cc23)c1.C[Si](C)(C)c1ccnc(-c2[c-]cccc2)c1.[Ir]. The molecule has 0 unspecified atom stereocenters. The molecule has 5 heteroatoms. The number of hydrogen-bond donors (Lipinski definition) is 0. The molecular formula is C43H38IrN2OSi-2. The molecule has 8 rings (SSSR count). The van der Waals surface area contributed by atoms with Crippen molar-refractivity contribution in [1.29, 1.82) is 0 Å². The van der Waals surface area contributed by atoms with Crippen LogP contribution in [0.1, 0.15) is 26.3 Å². The molecule has 241 valence electrons. The molecule has 5 aromatic carbocycles. The molecule has 3 heterocycles. The number of rotatable bonds is 3. The molecule has 0 amide bonds. The summed E-state index contributed by atoms with van der Waals surface area (Å²) in [5.74, 6) is 0. The number of nitrogens with zero attached hydrogens (tertiary/aromatic N) is 2. The Hall–Kier alpha value is -4.41. The van der Waals surface area contributed by atoms with Crippen molar-refractivity contribution in [2.24, 2.45) is 0 Å². The van der Waals surface area contributed by atoms with E-state index in [0.29, 0.717) is 0 Å². The number of furan rings is 1. The second-order valence-corrected chi connectivity index (χ2v) is 19.3. The minimum Gasteiger partial charge on any atom is -0.501 e. The quantitative estimate of drug-likeness (QED) is 0.101. The fraction of sp³-hybridized carbons (Fsp3) is 0.163. The van der Waals surface area contributed by atoms with E-state index in [1.807, 2.05) is 36.7 Å². The maximum absolute atomic E-state index is 6.45. The van der Waals surface area contributed by atoms with Gasteiger partial charge in [-0.15, -0.1) is 54.1 Å². The molecule has 0 bridgehead atoms. The summed E-state index contributed by atoms with van der Waals surface area (Å²) < 4.78 is 6.45. The first-order chi connectivity index (χ1) is 22.6. The molecule has 0 atom stereocenters. The Morgan fingerprint density at radius 2 is 1.38 bits per heavy atom. The van der Waals surface area contributed by atoms with Gasteiger partial charge < -0.3 is 14.4 Å². The molecule has 0 fully saturated rings. The van der Waals surface area contributed by atoms with Crippen LogP contribution in [0.5, 0.6) is 0 Å². The Balaban J connectivity index is 0.000000201. The Morgan fingerprint density at radius 1 is 0.625 bits per heavy atom.